The van der Waals surface area contributed by atoms with Gasteiger partial charge in [-0.3, -0.25) is 9.80 Å². The second-order valence-electron chi connectivity index (χ2n) is 5.67. The van der Waals surface area contributed by atoms with Crippen LogP contribution < -0.4 is 0 Å². The van der Waals surface area contributed by atoms with Crippen LogP contribution in [0.15, 0.2) is 0 Å². The van der Waals surface area contributed by atoms with Crippen LogP contribution in [0.2, 0.25) is 0 Å². The SMILES string of the molecule is C[C@@H]([C@H](C)N1CCCCC1)N1CCCCC1. The fourth-order valence-corrected chi connectivity index (χ4v) is 3.26. The molecule has 2 saturated heterocycles. The van der Waals surface area contributed by atoms with Crippen LogP contribution >= 0.6 is 0 Å². The Morgan fingerprint density at radius 1 is 0.562 bits per heavy atom. The van der Waals surface area contributed by atoms with Crippen LogP contribution in [0.1, 0.15) is 52.4 Å². The highest BCUT2D eigenvalue weighted by Crippen LogP contribution is 2.19. The summed E-state index contributed by atoms with van der Waals surface area (Å²) in [5, 5.41) is 0. The lowest BCUT2D eigenvalue weighted by molar-refractivity contribution is 0.0709. The molecule has 0 aliphatic carbocycles. The molecular formula is C14H28N2. The van der Waals surface area contributed by atoms with E-state index in [0.717, 1.165) is 12.1 Å². The van der Waals surface area contributed by atoms with Gasteiger partial charge < -0.3 is 0 Å². The van der Waals surface area contributed by atoms with Gasteiger partial charge in [0.25, 0.3) is 0 Å². The Labute approximate surface area is 101 Å². The standard InChI is InChI=1S/C14H28N2/c1-13(15-9-5-3-6-10-15)14(2)16-11-7-4-8-12-16/h13-14H,3-12H2,1-2H3/t13-,14-/m0/s1. The molecule has 2 rings (SSSR count). The Balaban J connectivity index is 1.84. The fourth-order valence-electron chi connectivity index (χ4n) is 3.26. The Morgan fingerprint density at radius 2 is 0.875 bits per heavy atom. The quantitative estimate of drug-likeness (QED) is 0.727. The van der Waals surface area contributed by atoms with Gasteiger partial charge in [0.15, 0.2) is 0 Å². The maximum Gasteiger partial charge on any atom is 0.0220 e. The Morgan fingerprint density at radius 3 is 1.19 bits per heavy atom. The third-order valence-corrected chi connectivity index (χ3v) is 4.63. The summed E-state index contributed by atoms with van der Waals surface area (Å²) in [6.45, 7) is 10.2. The van der Waals surface area contributed by atoms with Crippen molar-refractivity contribution in [3.8, 4) is 0 Å². The van der Waals surface area contributed by atoms with Crippen molar-refractivity contribution in [3.05, 3.63) is 0 Å². The average molecular weight is 224 g/mol. The lowest BCUT2D eigenvalue weighted by Gasteiger charge is -2.42. The zero-order valence-corrected chi connectivity index (χ0v) is 11.1. The molecule has 0 bridgehead atoms. The molecule has 0 amide bonds. The van der Waals surface area contributed by atoms with Crippen molar-refractivity contribution < 1.29 is 0 Å². The first kappa shape index (κ1) is 12.4. The van der Waals surface area contributed by atoms with E-state index in [1.165, 1.54) is 64.7 Å². The maximum absolute atomic E-state index is 2.71. The van der Waals surface area contributed by atoms with Gasteiger partial charge in [0.1, 0.15) is 0 Å². The van der Waals surface area contributed by atoms with Gasteiger partial charge in [-0.15, -0.1) is 0 Å². The normalized spacial score (nSPS) is 28.9. The van der Waals surface area contributed by atoms with Crippen molar-refractivity contribution in [1.82, 2.24) is 9.80 Å². The number of piperidine rings is 2. The van der Waals surface area contributed by atoms with E-state index in [0.29, 0.717) is 0 Å². The van der Waals surface area contributed by atoms with E-state index in [4.69, 9.17) is 0 Å². The predicted molar refractivity (Wildman–Crippen MR) is 69.8 cm³/mol. The minimum Gasteiger partial charge on any atom is -0.299 e. The van der Waals surface area contributed by atoms with E-state index in [9.17, 15) is 0 Å². The van der Waals surface area contributed by atoms with Crippen molar-refractivity contribution in [2.24, 2.45) is 0 Å². The second-order valence-corrected chi connectivity index (χ2v) is 5.67. The topological polar surface area (TPSA) is 6.48 Å². The molecule has 16 heavy (non-hydrogen) atoms. The van der Waals surface area contributed by atoms with Gasteiger partial charge in [-0.2, -0.15) is 0 Å². The van der Waals surface area contributed by atoms with E-state index in [1.807, 2.05) is 0 Å². The summed E-state index contributed by atoms with van der Waals surface area (Å²) in [5.41, 5.74) is 0. The first-order chi connectivity index (χ1) is 7.79. The lowest BCUT2D eigenvalue weighted by Crippen LogP contribution is -2.51. The van der Waals surface area contributed by atoms with Gasteiger partial charge >= 0.3 is 0 Å². The van der Waals surface area contributed by atoms with Gasteiger partial charge in [0.05, 0.1) is 0 Å². The highest BCUT2D eigenvalue weighted by Gasteiger charge is 2.26. The molecule has 0 aromatic heterocycles. The molecule has 0 unspecified atom stereocenters. The number of rotatable bonds is 3. The molecule has 0 spiro atoms. The third-order valence-electron chi connectivity index (χ3n) is 4.63. The van der Waals surface area contributed by atoms with Crippen LogP contribution in [0.4, 0.5) is 0 Å². The number of likely N-dealkylation sites (tertiary alicyclic amines) is 2. The summed E-state index contributed by atoms with van der Waals surface area (Å²) < 4.78 is 0. The van der Waals surface area contributed by atoms with Crippen molar-refractivity contribution in [1.29, 1.82) is 0 Å². The fraction of sp³-hybridized carbons (Fsp3) is 1.00. The molecule has 94 valence electrons. The summed E-state index contributed by atoms with van der Waals surface area (Å²) in [6.07, 6.45) is 8.55. The largest absolute Gasteiger partial charge is 0.299 e. The van der Waals surface area contributed by atoms with Crippen molar-refractivity contribution in [3.63, 3.8) is 0 Å². The zero-order chi connectivity index (χ0) is 11.4. The molecule has 2 heteroatoms. The number of hydrogen-bond donors (Lipinski definition) is 0. The van der Waals surface area contributed by atoms with Crippen LogP contribution in [0.25, 0.3) is 0 Å². The molecule has 0 aromatic carbocycles. The Hall–Kier alpha value is -0.0800. The smallest absolute Gasteiger partial charge is 0.0220 e. The van der Waals surface area contributed by atoms with E-state index in [2.05, 4.69) is 23.6 Å². The third kappa shape index (κ3) is 2.98. The van der Waals surface area contributed by atoms with E-state index in [-0.39, 0.29) is 0 Å². The number of hydrogen-bond acceptors (Lipinski definition) is 2. The van der Waals surface area contributed by atoms with Gasteiger partial charge in [-0.05, 0) is 65.7 Å². The molecule has 2 atom stereocenters. The minimum absolute atomic E-state index is 0.749. The molecule has 0 aromatic rings. The molecule has 0 saturated carbocycles. The average Bonchev–Trinajstić information content (AvgIpc) is 2.39. The van der Waals surface area contributed by atoms with Crippen molar-refractivity contribution in [2.75, 3.05) is 26.2 Å². The zero-order valence-electron chi connectivity index (χ0n) is 11.1. The van der Waals surface area contributed by atoms with E-state index < -0.39 is 0 Å². The van der Waals surface area contributed by atoms with E-state index in [1.54, 1.807) is 0 Å². The van der Waals surface area contributed by atoms with Crippen molar-refractivity contribution >= 4 is 0 Å². The summed E-state index contributed by atoms with van der Waals surface area (Å²) in [5.74, 6) is 0. The Kier molecular flexibility index (Phi) is 4.66. The van der Waals surface area contributed by atoms with E-state index >= 15 is 0 Å². The summed E-state index contributed by atoms with van der Waals surface area (Å²) in [7, 11) is 0. The summed E-state index contributed by atoms with van der Waals surface area (Å²) in [4.78, 5) is 5.42. The van der Waals surface area contributed by atoms with Crippen LogP contribution in [0.3, 0.4) is 0 Å². The van der Waals surface area contributed by atoms with Gasteiger partial charge in [0, 0.05) is 12.1 Å². The minimum atomic E-state index is 0.749. The monoisotopic (exact) mass is 224 g/mol. The van der Waals surface area contributed by atoms with Gasteiger partial charge in [0.2, 0.25) is 0 Å². The molecule has 2 aliphatic heterocycles. The lowest BCUT2D eigenvalue weighted by atomic mass is 10.0. The molecule has 0 N–H and O–H groups in total. The first-order valence-corrected chi connectivity index (χ1v) is 7.27. The maximum atomic E-state index is 2.71. The second kappa shape index (κ2) is 6.02. The summed E-state index contributed by atoms with van der Waals surface area (Å²) in [6, 6.07) is 1.50. The van der Waals surface area contributed by atoms with Crippen LogP contribution in [0, 0.1) is 0 Å². The van der Waals surface area contributed by atoms with Gasteiger partial charge in [-0.1, -0.05) is 12.8 Å². The summed E-state index contributed by atoms with van der Waals surface area (Å²) >= 11 is 0. The van der Waals surface area contributed by atoms with Crippen LogP contribution in [0.5, 0.6) is 0 Å². The molecule has 2 aliphatic rings. The van der Waals surface area contributed by atoms with Crippen LogP contribution in [-0.4, -0.2) is 48.1 Å². The predicted octanol–water partition coefficient (Wildman–Crippen LogP) is 2.74. The molecule has 2 fully saturated rings. The molecular weight excluding hydrogens is 196 g/mol. The highest BCUT2D eigenvalue weighted by atomic mass is 15.2. The van der Waals surface area contributed by atoms with Crippen molar-refractivity contribution in [2.45, 2.75) is 64.5 Å². The highest BCUT2D eigenvalue weighted by molar-refractivity contribution is 4.83. The Bertz CT molecular complexity index is 171. The first-order valence-electron chi connectivity index (χ1n) is 7.27. The molecule has 2 heterocycles. The van der Waals surface area contributed by atoms with Crippen LogP contribution in [-0.2, 0) is 0 Å². The number of nitrogens with zero attached hydrogens (tertiary/aromatic N) is 2. The van der Waals surface area contributed by atoms with Gasteiger partial charge in [-0.25, -0.2) is 0 Å². The molecule has 2 nitrogen and oxygen atoms in total. The molecule has 0 radical (unpaired) electrons.